The van der Waals surface area contributed by atoms with E-state index in [4.69, 9.17) is 9.84 Å². The molecule has 1 fully saturated rings. The van der Waals surface area contributed by atoms with Gasteiger partial charge in [-0.1, -0.05) is 0 Å². The first-order chi connectivity index (χ1) is 9.68. The fourth-order valence-corrected chi connectivity index (χ4v) is 2.45. The molecule has 10 nitrogen and oxygen atoms in total. The number of hydrogen-bond donors (Lipinski definition) is 5. The van der Waals surface area contributed by atoms with Crippen LogP contribution >= 0.6 is 0 Å². The molecule has 4 atom stereocenters. The Hall–Kier alpha value is -2.01. The number of ether oxygens (including phenoxy) is 1. The number of H-pyrrole nitrogens is 1. The molecule has 2 rings (SSSR count). The van der Waals surface area contributed by atoms with E-state index in [1.54, 1.807) is 0 Å². The van der Waals surface area contributed by atoms with Gasteiger partial charge in [0.2, 0.25) is 5.60 Å². The summed E-state index contributed by atoms with van der Waals surface area (Å²) in [6.07, 6.45) is -2.47. The predicted molar refractivity (Wildman–Crippen MR) is 65.5 cm³/mol. The number of aromatic nitrogens is 2. The van der Waals surface area contributed by atoms with Gasteiger partial charge >= 0.3 is 11.7 Å². The summed E-state index contributed by atoms with van der Waals surface area (Å²) in [5.74, 6) is -1.84. The fraction of sp³-hybridized carbons (Fsp3) is 0.545. The van der Waals surface area contributed by atoms with E-state index in [2.05, 4.69) is 0 Å². The lowest BCUT2D eigenvalue weighted by molar-refractivity contribution is -0.208. The molecule has 2 heterocycles. The van der Waals surface area contributed by atoms with Crippen molar-refractivity contribution in [2.45, 2.75) is 30.5 Å². The number of hydrogen-bond acceptors (Lipinski definition) is 7. The summed E-state index contributed by atoms with van der Waals surface area (Å²) >= 11 is 0. The maximum Gasteiger partial charge on any atom is 0.343 e. The summed E-state index contributed by atoms with van der Waals surface area (Å²) < 4.78 is 5.84. The van der Waals surface area contributed by atoms with Crippen molar-refractivity contribution in [2.75, 3.05) is 6.61 Å². The number of carboxylic acids is 1. The van der Waals surface area contributed by atoms with Crippen molar-refractivity contribution in [1.82, 2.24) is 9.55 Å². The van der Waals surface area contributed by atoms with E-state index in [1.807, 2.05) is 4.98 Å². The van der Waals surface area contributed by atoms with Crippen LogP contribution in [0.15, 0.2) is 21.9 Å². The molecular formula is C11H14N2O8. The Morgan fingerprint density at radius 3 is 2.62 bits per heavy atom. The van der Waals surface area contributed by atoms with Crippen LogP contribution in [0.1, 0.15) is 6.92 Å². The second-order valence-electron chi connectivity index (χ2n) is 4.82. The van der Waals surface area contributed by atoms with Crippen LogP contribution in [0, 0.1) is 0 Å². The van der Waals surface area contributed by atoms with Gasteiger partial charge < -0.3 is 25.2 Å². The highest BCUT2D eigenvalue weighted by Gasteiger charge is 2.69. The van der Waals surface area contributed by atoms with Crippen molar-refractivity contribution in [3.8, 4) is 0 Å². The van der Waals surface area contributed by atoms with Gasteiger partial charge in [-0.25, -0.2) is 9.59 Å². The van der Waals surface area contributed by atoms with Crippen molar-refractivity contribution in [3.63, 3.8) is 0 Å². The normalized spacial score (nSPS) is 35.8. The van der Waals surface area contributed by atoms with E-state index in [0.29, 0.717) is 4.57 Å². The summed E-state index contributed by atoms with van der Waals surface area (Å²) in [6.45, 7) is 0.282. The van der Waals surface area contributed by atoms with Crippen molar-refractivity contribution >= 4 is 5.97 Å². The maximum absolute atomic E-state index is 11.8. The lowest BCUT2D eigenvalue weighted by Gasteiger charge is -2.36. The molecular weight excluding hydrogens is 288 g/mol. The van der Waals surface area contributed by atoms with Gasteiger partial charge in [0, 0.05) is 12.3 Å². The summed E-state index contributed by atoms with van der Waals surface area (Å²) in [5.41, 5.74) is -6.89. The highest BCUT2D eigenvalue weighted by atomic mass is 16.6. The molecule has 1 aliphatic heterocycles. The molecule has 0 unspecified atom stereocenters. The largest absolute Gasteiger partial charge is 0.479 e. The molecule has 1 aliphatic rings. The van der Waals surface area contributed by atoms with E-state index in [9.17, 15) is 29.7 Å². The number of aliphatic carboxylic acids is 1. The van der Waals surface area contributed by atoms with Crippen LogP contribution in [-0.4, -0.2) is 60.4 Å². The van der Waals surface area contributed by atoms with E-state index < -0.39 is 47.4 Å². The predicted octanol–water partition coefficient (Wildman–Crippen LogP) is -3.22. The topological polar surface area (TPSA) is 162 Å². The van der Waals surface area contributed by atoms with E-state index in [-0.39, 0.29) is 0 Å². The molecule has 0 radical (unpaired) electrons. The van der Waals surface area contributed by atoms with Gasteiger partial charge in [-0.05, 0) is 6.92 Å². The number of carboxylic acid groups (broad SMARTS) is 1. The molecule has 0 spiro atoms. The molecule has 0 bridgehead atoms. The molecule has 0 amide bonds. The van der Waals surface area contributed by atoms with Gasteiger partial charge in [-0.15, -0.1) is 0 Å². The molecule has 1 aromatic heterocycles. The monoisotopic (exact) mass is 302 g/mol. The highest BCUT2D eigenvalue weighted by molar-refractivity contribution is 5.80. The minimum Gasteiger partial charge on any atom is -0.479 e. The fourth-order valence-electron chi connectivity index (χ4n) is 2.45. The summed E-state index contributed by atoms with van der Waals surface area (Å²) in [4.78, 5) is 36.2. The van der Waals surface area contributed by atoms with Crippen LogP contribution in [-0.2, 0) is 15.3 Å². The minimum atomic E-state index is -2.90. The third-order valence-electron chi connectivity index (χ3n) is 3.66. The Bertz CT molecular complexity index is 681. The molecule has 0 saturated carbocycles. The Labute approximate surface area is 116 Å². The van der Waals surface area contributed by atoms with Crippen molar-refractivity contribution in [2.24, 2.45) is 0 Å². The van der Waals surface area contributed by atoms with Crippen LogP contribution < -0.4 is 11.2 Å². The standard InChI is InChI=1S/C11H14N2O8/c1-10(13-3-2-6(15)12-9(13)19)11(20,8(17)18)7(16)5(4-14)21-10/h2-3,5,7,14,16,20H,4H2,1H3,(H,17,18)(H,12,15,19)/t5-,7-,10-,11+/m1/s1. The van der Waals surface area contributed by atoms with E-state index in [0.717, 1.165) is 19.2 Å². The van der Waals surface area contributed by atoms with Crippen LogP contribution in [0.4, 0.5) is 0 Å². The zero-order valence-corrected chi connectivity index (χ0v) is 10.9. The minimum absolute atomic E-state index is 0.640. The number of carbonyl (C=O) groups is 1. The first kappa shape index (κ1) is 15.4. The summed E-state index contributed by atoms with van der Waals surface area (Å²) in [5, 5.41) is 38.6. The van der Waals surface area contributed by atoms with Crippen LogP contribution in [0.3, 0.4) is 0 Å². The quantitative estimate of drug-likeness (QED) is 0.389. The Balaban J connectivity index is 2.70. The Morgan fingerprint density at radius 1 is 1.52 bits per heavy atom. The average Bonchev–Trinajstić information content (AvgIpc) is 2.61. The first-order valence-electron chi connectivity index (χ1n) is 5.93. The van der Waals surface area contributed by atoms with Gasteiger partial charge in [0.1, 0.15) is 12.2 Å². The van der Waals surface area contributed by atoms with Gasteiger partial charge in [0.25, 0.3) is 5.56 Å². The smallest absolute Gasteiger partial charge is 0.343 e. The third-order valence-corrected chi connectivity index (χ3v) is 3.66. The molecule has 1 aromatic rings. The first-order valence-corrected chi connectivity index (χ1v) is 5.93. The molecule has 5 N–H and O–H groups in total. The molecule has 0 aliphatic carbocycles. The number of aliphatic hydroxyl groups is 3. The Morgan fingerprint density at radius 2 is 2.14 bits per heavy atom. The molecule has 116 valence electrons. The van der Waals surface area contributed by atoms with Crippen LogP contribution in [0.2, 0.25) is 0 Å². The molecule has 21 heavy (non-hydrogen) atoms. The zero-order chi connectivity index (χ0) is 16.0. The SMILES string of the molecule is C[C@@]1(n2ccc(=O)[nH]c2=O)O[C@H](CO)[C@@H](O)[C@]1(O)C(=O)O. The zero-order valence-electron chi connectivity index (χ0n) is 10.9. The lowest BCUT2D eigenvalue weighted by Crippen LogP contribution is -2.63. The third kappa shape index (κ3) is 1.92. The summed E-state index contributed by atoms with van der Waals surface area (Å²) in [6, 6.07) is 0.928. The lowest BCUT2D eigenvalue weighted by atomic mass is 9.86. The molecule has 0 aromatic carbocycles. The highest BCUT2D eigenvalue weighted by Crippen LogP contribution is 2.42. The number of rotatable bonds is 3. The van der Waals surface area contributed by atoms with Gasteiger partial charge in [-0.3, -0.25) is 14.3 Å². The second-order valence-corrected chi connectivity index (χ2v) is 4.82. The van der Waals surface area contributed by atoms with Crippen molar-refractivity contribution in [1.29, 1.82) is 0 Å². The molecule has 1 saturated heterocycles. The van der Waals surface area contributed by atoms with Crippen molar-refractivity contribution < 1.29 is 30.0 Å². The van der Waals surface area contributed by atoms with E-state index >= 15 is 0 Å². The number of aromatic amines is 1. The van der Waals surface area contributed by atoms with Gasteiger partial charge in [0.15, 0.2) is 5.72 Å². The van der Waals surface area contributed by atoms with Crippen LogP contribution in [0.25, 0.3) is 0 Å². The molecule has 10 heteroatoms. The number of nitrogens with zero attached hydrogens (tertiary/aromatic N) is 1. The Kier molecular flexibility index (Phi) is 3.49. The number of nitrogens with one attached hydrogen (secondary N) is 1. The van der Waals surface area contributed by atoms with E-state index in [1.165, 1.54) is 0 Å². The number of aliphatic hydroxyl groups excluding tert-OH is 2. The second kappa shape index (κ2) is 4.77. The van der Waals surface area contributed by atoms with Crippen molar-refractivity contribution in [3.05, 3.63) is 33.1 Å². The maximum atomic E-state index is 11.8. The van der Waals surface area contributed by atoms with Gasteiger partial charge in [-0.2, -0.15) is 0 Å². The summed E-state index contributed by atoms with van der Waals surface area (Å²) in [7, 11) is 0. The average molecular weight is 302 g/mol. The van der Waals surface area contributed by atoms with Crippen LogP contribution in [0.5, 0.6) is 0 Å². The van der Waals surface area contributed by atoms with Gasteiger partial charge in [0.05, 0.1) is 6.61 Å².